The number of H-pyrrole nitrogens is 1. The summed E-state index contributed by atoms with van der Waals surface area (Å²) >= 11 is 0. The second-order valence-corrected chi connectivity index (χ2v) is 9.20. The highest BCUT2D eigenvalue weighted by Crippen LogP contribution is 2.32. The van der Waals surface area contributed by atoms with Gasteiger partial charge in [0.25, 0.3) is 5.56 Å². The predicted octanol–water partition coefficient (Wildman–Crippen LogP) is 5.97. The molecule has 3 aromatic rings. The van der Waals surface area contributed by atoms with E-state index >= 15 is 0 Å². The van der Waals surface area contributed by atoms with E-state index in [2.05, 4.69) is 31.0 Å². The third-order valence-corrected chi connectivity index (χ3v) is 6.95. The summed E-state index contributed by atoms with van der Waals surface area (Å²) < 4.78 is 16.4. The van der Waals surface area contributed by atoms with E-state index in [4.69, 9.17) is 14.2 Å². The molecule has 1 aliphatic heterocycles. The molecule has 1 N–H and O–H groups in total. The van der Waals surface area contributed by atoms with Gasteiger partial charge in [0.1, 0.15) is 11.5 Å². The molecule has 0 saturated carbocycles. The number of pyridine rings is 1. The minimum atomic E-state index is -0.159. The Bertz CT molecular complexity index is 1150. The number of methoxy groups -OCH3 is 2. The minimum absolute atomic E-state index is 0.159. The maximum atomic E-state index is 12.9. The lowest BCUT2D eigenvalue weighted by Gasteiger charge is -2.16. The Morgan fingerprint density at radius 1 is 1.00 bits per heavy atom. The van der Waals surface area contributed by atoms with Crippen LogP contribution in [-0.4, -0.2) is 32.4 Å². The van der Waals surface area contributed by atoms with E-state index in [1.807, 2.05) is 12.1 Å². The summed E-state index contributed by atoms with van der Waals surface area (Å²) in [5, 5.41) is 1.34. The van der Waals surface area contributed by atoms with E-state index in [1.54, 1.807) is 20.3 Å². The van der Waals surface area contributed by atoms with Crippen LogP contribution in [0.3, 0.4) is 0 Å². The third-order valence-electron chi connectivity index (χ3n) is 6.95. The van der Waals surface area contributed by atoms with Gasteiger partial charge < -0.3 is 19.2 Å². The van der Waals surface area contributed by atoms with Crippen molar-refractivity contribution in [2.24, 2.45) is 5.92 Å². The fraction of sp³-hybridized carbons (Fsp3) is 0.464. The van der Waals surface area contributed by atoms with Gasteiger partial charge in [-0.25, -0.2) is 0 Å². The highest BCUT2D eigenvalue weighted by molar-refractivity contribution is 5.91. The molecule has 0 amide bonds. The van der Waals surface area contributed by atoms with Crippen LogP contribution in [0.25, 0.3) is 22.0 Å². The zero-order valence-corrected chi connectivity index (χ0v) is 20.3. The molecule has 5 nitrogen and oxygen atoms in total. The molecule has 4 rings (SSSR count). The van der Waals surface area contributed by atoms with Crippen LogP contribution in [-0.2, 0) is 11.2 Å². The summed E-state index contributed by atoms with van der Waals surface area (Å²) in [5.41, 5.74) is 5.65. The Hall–Kier alpha value is -2.79. The summed E-state index contributed by atoms with van der Waals surface area (Å²) in [6.07, 6.45) is 7.25. The largest absolute Gasteiger partial charge is 0.497 e. The van der Waals surface area contributed by atoms with Gasteiger partial charge in [-0.05, 0) is 104 Å². The summed E-state index contributed by atoms with van der Waals surface area (Å²) in [6.45, 7) is 6.19. The Kier molecular flexibility index (Phi) is 7.39. The molecule has 1 aromatic heterocycles. The summed E-state index contributed by atoms with van der Waals surface area (Å²) in [7, 11) is 3.18. The Balaban J connectivity index is 1.58. The average Bonchev–Trinajstić information content (AvgIpc) is 3.08. The molecule has 2 heterocycles. The first-order chi connectivity index (χ1) is 16.0. The molecular formula is C28H35NO4. The lowest BCUT2D eigenvalue weighted by atomic mass is 9.90. The Morgan fingerprint density at radius 3 is 2.52 bits per heavy atom. The number of benzene rings is 2. The highest BCUT2D eigenvalue weighted by atomic mass is 16.5. The molecule has 176 valence electrons. The maximum absolute atomic E-state index is 12.9. The maximum Gasteiger partial charge on any atom is 0.260 e. The van der Waals surface area contributed by atoms with Gasteiger partial charge in [0.2, 0.25) is 0 Å². The first-order valence-electron chi connectivity index (χ1n) is 12.0. The summed E-state index contributed by atoms with van der Waals surface area (Å²) in [5.74, 6) is 1.97. The fourth-order valence-electron chi connectivity index (χ4n) is 5.15. The molecule has 0 radical (unpaired) electrons. The number of hydrogen-bond acceptors (Lipinski definition) is 4. The Morgan fingerprint density at radius 2 is 1.79 bits per heavy atom. The topological polar surface area (TPSA) is 60.5 Å². The molecule has 0 aliphatic carbocycles. The molecule has 0 spiro atoms. The van der Waals surface area contributed by atoms with Crippen LogP contribution in [0.5, 0.6) is 11.5 Å². The smallest absolute Gasteiger partial charge is 0.260 e. The van der Waals surface area contributed by atoms with Crippen molar-refractivity contribution in [2.75, 3.05) is 27.4 Å². The van der Waals surface area contributed by atoms with E-state index < -0.39 is 0 Å². The van der Waals surface area contributed by atoms with Crippen molar-refractivity contribution in [3.05, 3.63) is 57.4 Å². The summed E-state index contributed by atoms with van der Waals surface area (Å²) in [6, 6.07) is 10.0. The van der Waals surface area contributed by atoms with Crippen molar-refractivity contribution in [1.82, 2.24) is 4.98 Å². The van der Waals surface area contributed by atoms with Crippen molar-refractivity contribution < 1.29 is 14.2 Å². The van der Waals surface area contributed by atoms with E-state index in [-0.39, 0.29) is 5.56 Å². The van der Waals surface area contributed by atoms with E-state index in [1.165, 1.54) is 48.8 Å². The predicted molar refractivity (Wildman–Crippen MR) is 134 cm³/mol. The molecule has 1 saturated heterocycles. The van der Waals surface area contributed by atoms with Crippen LogP contribution in [0.2, 0.25) is 0 Å². The standard InChI is InChI=1S/C28H35NO4/c1-18-13-21(14-19(2)24(18)9-5-7-20-8-6-11-33-12-10-20)25-16-22-15-23(31-3)17-26(32-4)27(22)28(30)29-25/h13-17,20H,5-12H2,1-4H3,(H,29,30). The lowest BCUT2D eigenvalue weighted by molar-refractivity contribution is 0.141. The van der Waals surface area contributed by atoms with E-state index in [0.29, 0.717) is 16.9 Å². The van der Waals surface area contributed by atoms with Crippen molar-refractivity contribution in [3.63, 3.8) is 0 Å². The monoisotopic (exact) mass is 449 g/mol. The van der Waals surface area contributed by atoms with Crippen LogP contribution in [0, 0.1) is 19.8 Å². The van der Waals surface area contributed by atoms with Gasteiger partial charge in [-0.2, -0.15) is 0 Å². The number of hydrogen-bond donors (Lipinski definition) is 1. The number of aromatic amines is 1. The number of ether oxygens (including phenoxy) is 3. The van der Waals surface area contributed by atoms with Crippen LogP contribution < -0.4 is 15.0 Å². The van der Waals surface area contributed by atoms with Crippen LogP contribution in [0.1, 0.15) is 48.8 Å². The van der Waals surface area contributed by atoms with Crippen molar-refractivity contribution >= 4 is 10.8 Å². The molecule has 1 aliphatic rings. The second-order valence-electron chi connectivity index (χ2n) is 9.20. The average molecular weight is 450 g/mol. The number of aryl methyl sites for hydroxylation is 2. The van der Waals surface area contributed by atoms with Crippen LogP contribution in [0.4, 0.5) is 0 Å². The van der Waals surface area contributed by atoms with Gasteiger partial charge >= 0.3 is 0 Å². The SMILES string of the molecule is COc1cc(OC)c2c(=O)[nH]c(-c3cc(C)c(CCCC4CCCOCC4)c(C)c3)cc2c1. The number of fused-ring (bicyclic) bond motifs is 1. The van der Waals surface area contributed by atoms with Crippen molar-refractivity contribution in [3.8, 4) is 22.8 Å². The van der Waals surface area contributed by atoms with Gasteiger partial charge in [-0.1, -0.05) is 6.42 Å². The quantitative estimate of drug-likeness (QED) is 0.483. The van der Waals surface area contributed by atoms with Crippen molar-refractivity contribution in [1.29, 1.82) is 0 Å². The minimum Gasteiger partial charge on any atom is -0.497 e. The molecule has 33 heavy (non-hydrogen) atoms. The normalized spacial score (nSPS) is 16.5. The highest BCUT2D eigenvalue weighted by Gasteiger charge is 2.15. The van der Waals surface area contributed by atoms with Crippen LogP contribution in [0.15, 0.2) is 35.1 Å². The summed E-state index contributed by atoms with van der Waals surface area (Å²) in [4.78, 5) is 16.0. The molecule has 2 aromatic carbocycles. The van der Waals surface area contributed by atoms with Gasteiger partial charge in [-0.3, -0.25) is 4.79 Å². The number of aromatic nitrogens is 1. The molecule has 1 unspecified atom stereocenters. The zero-order chi connectivity index (χ0) is 23.4. The van der Waals surface area contributed by atoms with E-state index in [0.717, 1.165) is 42.2 Å². The fourth-order valence-corrected chi connectivity index (χ4v) is 5.15. The van der Waals surface area contributed by atoms with Crippen LogP contribution >= 0.6 is 0 Å². The van der Waals surface area contributed by atoms with Gasteiger partial charge in [0, 0.05) is 25.0 Å². The Labute approximate surface area is 196 Å². The molecule has 5 heteroatoms. The number of rotatable bonds is 7. The van der Waals surface area contributed by atoms with E-state index in [9.17, 15) is 4.79 Å². The molecular weight excluding hydrogens is 414 g/mol. The lowest BCUT2D eigenvalue weighted by Crippen LogP contribution is -2.09. The van der Waals surface area contributed by atoms with Gasteiger partial charge in [0.15, 0.2) is 0 Å². The zero-order valence-electron chi connectivity index (χ0n) is 20.3. The van der Waals surface area contributed by atoms with Gasteiger partial charge in [-0.15, -0.1) is 0 Å². The number of nitrogens with one attached hydrogen (secondary N) is 1. The first kappa shape index (κ1) is 23.4. The molecule has 1 fully saturated rings. The first-order valence-corrected chi connectivity index (χ1v) is 12.0. The van der Waals surface area contributed by atoms with Crippen molar-refractivity contribution in [2.45, 2.75) is 52.4 Å². The molecule has 0 bridgehead atoms. The van der Waals surface area contributed by atoms with Gasteiger partial charge in [0.05, 0.1) is 19.6 Å². The third kappa shape index (κ3) is 5.25. The molecule has 1 atom stereocenters. The second kappa shape index (κ2) is 10.4.